The second kappa shape index (κ2) is 8.68. The van der Waals surface area contributed by atoms with Crippen LogP contribution in [0.1, 0.15) is 33.3 Å². The first-order valence-corrected chi connectivity index (χ1v) is 9.87. The molecule has 0 aliphatic heterocycles. The van der Waals surface area contributed by atoms with Gasteiger partial charge < -0.3 is 0 Å². The molecule has 0 aliphatic rings. The van der Waals surface area contributed by atoms with Crippen molar-refractivity contribution in [1.82, 2.24) is 0 Å². The molecule has 0 heterocycles. The molecule has 0 spiro atoms. The van der Waals surface area contributed by atoms with E-state index in [9.17, 15) is 4.57 Å². The number of hydrogen-bond donors (Lipinski definition) is 0. The lowest BCUT2D eigenvalue weighted by Crippen LogP contribution is -2.06. The maximum atomic E-state index is 12.5. The zero-order valence-electron chi connectivity index (χ0n) is 12.5. The molecule has 0 bridgehead atoms. The van der Waals surface area contributed by atoms with E-state index in [2.05, 4.69) is 0 Å². The van der Waals surface area contributed by atoms with Gasteiger partial charge in [0.25, 0.3) is 0 Å². The van der Waals surface area contributed by atoms with Crippen molar-refractivity contribution >= 4 is 24.3 Å². The number of benzene rings is 1. The van der Waals surface area contributed by atoms with Gasteiger partial charge >= 0.3 is 6.80 Å². The van der Waals surface area contributed by atoms with Crippen LogP contribution in [0, 0.1) is 0 Å². The highest BCUT2D eigenvalue weighted by Gasteiger charge is 2.27. The number of rotatable bonds is 8. The van der Waals surface area contributed by atoms with E-state index in [1.165, 1.54) is 11.4 Å². The predicted molar refractivity (Wildman–Crippen MR) is 88.0 cm³/mol. The zero-order chi connectivity index (χ0) is 15.0. The Hall–Kier alpha value is -0.540. The Morgan fingerprint density at radius 2 is 1.65 bits per heavy atom. The summed E-state index contributed by atoms with van der Waals surface area (Å²) in [6.45, 7) is 4.34. The fourth-order valence-electron chi connectivity index (χ4n) is 1.48. The molecule has 5 heteroatoms. The van der Waals surface area contributed by atoms with Gasteiger partial charge in [-0.15, -0.1) is 0 Å². The van der Waals surface area contributed by atoms with Gasteiger partial charge in [0.05, 0.1) is 12.2 Å². The third-order valence-corrected chi connectivity index (χ3v) is 6.05. The normalized spacial score (nSPS) is 12.7. The third-order valence-electron chi connectivity index (χ3n) is 2.12. The van der Waals surface area contributed by atoms with Crippen LogP contribution in [0.2, 0.25) is 0 Å². The summed E-state index contributed by atoms with van der Waals surface area (Å²) in [6, 6.07) is 10.0. The average molecular weight is 314 g/mol. The molecule has 0 unspecified atom stereocenters. The van der Waals surface area contributed by atoms with Gasteiger partial charge in [0.2, 0.25) is 0 Å². The molecule has 20 heavy (non-hydrogen) atoms. The summed E-state index contributed by atoms with van der Waals surface area (Å²) in [5.74, 6) is 0.589. The molecule has 3 nitrogen and oxygen atoms in total. The van der Waals surface area contributed by atoms with Gasteiger partial charge in [0.1, 0.15) is 0 Å². The van der Waals surface area contributed by atoms with Crippen molar-refractivity contribution in [2.45, 2.75) is 39.9 Å². The van der Waals surface area contributed by atoms with Gasteiger partial charge in [-0.25, -0.2) is 4.57 Å². The Kier molecular flexibility index (Phi) is 7.60. The lowest BCUT2D eigenvalue weighted by atomic mass is 10.2. The highest BCUT2D eigenvalue weighted by atomic mass is 32.7. The third kappa shape index (κ3) is 7.30. The SMILES string of the molecule is CC(C)OP(=O)(OC(C)C)SC/C=C/c1ccccc1. The van der Waals surface area contributed by atoms with Gasteiger partial charge in [-0.1, -0.05) is 42.5 Å². The molecule has 112 valence electrons. The Labute approximate surface area is 126 Å². The van der Waals surface area contributed by atoms with E-state index in [0.717, 1.165) is 5.56 Å². The van der Waals surface area contributed by atoms with Crippen LogP contribution in [0.15, 0.2) is 36.4 Å². The highest BCUT2D eigenvalue weighted by molar-refractivity contribution is 8.55. The summed E-state index contributed by atoms with van der Waals surface area (Å²) in [4.78, 5) is 0. The van der Waals surface area contributed by atoms with Crippen LogP contribution in [0.5, 0.6) is 0 Å². The summed E-state index contributed by atoms with van der Waals surface area (Å²) in [6.07, 6.45) is 3.73. The molecular formula is C15H23O3PS. The molecule has 0 saturated heterocycles. The van der Waals surface area contributed by atoms with Crippen LogP contribution < -0.4 is 0 Å². The Morgan fingerprint density at radius 3 is 2.15 bits per heavy atom. The van der Waals surface area contributed by atoms with E-state index >= 15 is 0 Å². The minimum absolute atomic E-state index is 0.120. The van der Waals surface area contributed by atoms with Crippen molar-refractivity contribution in [3.05, 3.63) is 42.0 Å². The summed E-state index contributed by atoms with van der Waals surface area (Å²) < 4.78 is 23.5. The topological polar surface area (TPSA) is 35.5 Å². The Morgan fingerprint density at radius 1 is 1.10 bits per heavy atom. The molecule has 0 fully saturated rings. The van der Waals surface area contributed by atoms with E-state index in [4.69, 9.17) is 9.05 Å². The van der Waals surface area contributed by atoms with Crippen molar-refractivity contribution in [1.29, 1.82) is 0 Å². The second-order valence-corrected chi connectivity index (χ2v) is 8.89. The summed E-state index contributed by atoms with van der Waals surface area (Å²) >= 11 is 1.22. The van der Waals surface area contributed by atoms with Gasteiger partial charge in [0.15, 0.2) is 0 Å². The molecule has 1 aromatic rings. The molecule has 0 saturated carbocycles. The minimum Gasteiger partial charge on any atom is -0.298 e. The molecule has 1 aromatic carbocycles. The van der Waals surface area contributed by atoms with E-state index in [1.54, 1.807) is 0 Å². The molecular weight excluding hydrogens is 291 g/mol. The zero-order valence-corrected chi connectivity index (χ0v) is 14.2. The highest BCUT2D eigenvalue weighted by Crippen LogP contribution is 2.62. The van der Waals surface area contributed by atoms with Gasteiger partial charge in [-0.2, -0.15) is 0 Å². The fraction of sp³-hybridized carbons (Fsp3) is 0.467. The Balaban J connectivity index is 2.54. The summed E-state index contributed by atoms with van der Waals surface area (Å²) in [5.41, 5.74) is 1.12. The molecule has 0 N–H and O–H groups in total. The van der Waals surface area contributed by atoms with Crippen LogP contribution in [0.25, 0.3) is 6.08 Å². The van der Waals surface area contributed by atoms with E-state index < -0.39 is 6.80 Å². The monoisotopic (exact) mass is 314 g/mol. The van der Waals surface area contributed by atoms with E-state index in [-0.39, 0.29) is 12.2 Å². The maximum Gasteiger partial charge on any atom is 0.389 e. The van der Waals surface area contributed by atoms with Gasteiger partial charge in [0, 0.05) is 5.75 Å². The van der Waals surface area contributed by atoms with Gasteiger partial charge in [-0.05, 0) is 44.6 Å². The first-order valence-electron chi connectivity index (χ1n) is 6.74. The predicted octanol–water partition coefficient (Wildman–Crippen LogP) is 5.39. The van der Waals surface area contributed by atoms with Crippen LogP contribution in [0.3, 0.4) is 0 Å². The molecule has 0 radical (unpaired) electrons. The van der Waals surface area contributed by atoms with Crippen molar-refractivity contribution in [3.8, 4) is 0 Å². The van der Waals surface area contributed by atoms with Gasteiger partial charge in [-0.3, -0.25) is 9.05 Å². The quantitative estimate of drug-likeness (QED) is 0.603. The first kappa shape index (κ1) is 17.5. The smallest absolute Gasteiger partial charge is 0.298 e. The lowest BCUT2D eigenvalue weighted by Gasteiger charge is -2.21. The van der Waals surface area contributed by atoms with Crippen molar-refractivity contribution in [2.24, 2.45) is 0 Å². The van der Waals surface area contributed by atoms with Crippen LogP contribution in [-0.4, -0.2) is 18.0 Å². The van der Waals surface area contributed by atoms with Crippen molar-refractivity contribution < 1.29 is 13.6 Å². The maximum absolute atomic E-state index is 12.5. The van der Waals surface area contributed by atoms with E-state index in [0.29, 0.717) is 5.75 Å². The number of hydrogen-bond acceptors (Lipinski definition) is 4. The summed E-state index contributed by atoms with van der Waals surface area (Å²) in [7, 11) is 0. The molecule has 0 amide bonds. The van der Waals surface area contributed by atoms with Crippen LogP contribution in [-0.2, 0) is 13.6 Å². The lowest BCUT2D eigenvalue weighted by molar-refractivity contribution is 0.156. The largest absolute Gasteiger partial charge is 0.389 e. The van der Waals surface area contributed by atoms with Crippen molar-refractivity contribution in [3.63, 3.8) is 0 Å². The first-order chi connectivity index (χ1) is 9.41. The molecule has 0 aliphatic carbocycles. The molecule has 1 rings (SSSR count). The Bertz CT molecular complexity index is 443. The second-order valence-electron chi connectivity index (χ2n) is 4.86. The van der Waals surface area contributed by atoms with Crippen LogP contribution >= 0.6 is 18.2 Å². The minimum atomic E-state index is -3.09. The van der Waals surface area contributed by atoms with Crippen molar-refractivity contribution in [2.75, 3.05) is 5.75 Å². The summed E-state index contributed by atoms with van der Waals surface area (Å²) in [5, 5.41) is 0. The molecule has 0 atom stereocenters. The standard InChI is InChI=1S/C15H23O3PS/c1-13(2)17-19(16,18-14(3)4)20-12-8-11-15-9-6-5-7-10-15/h5-11,13-14H,12H2,1-4H3/b11-8+. The van der Waals surface area contributed by atoms with E-state index in [1.807, 2.05) is 70.2 Å². The molecule has 0 aromatic heterocycles. The average Bonchev–Trinajstić information content (AvgIpc) is 2.34. The van der Waals surface area contributed by atoms with Crippen LogP contribution in [0.4, 0.5) is 0 Å². The fourth-order valence-corrected chi connectivity index (χ4v) is 5.26.